The number of carbonyl (C=O) groups is 1. The van der Waals surface area contributed by atoms with Gasteiger partial charge in [-0.2, -0.15) is 0 Å². The molecular weight excluding hydrogens is 326 g/mol. The number of carboxylic acid groups (broad SMARTS) is 1. The van der Waals surface area contributed by atoms with Gasteiger partial charge in [0.25, 0.3) is 0 Å². The molecule has 4 heteroatoms. The first-order chi connectivity index (χ1) is 12.7. The van der Waals surface area contributed by atoms with E-state index in [9.17, 15) is 9.90 Å². The molecule has 4 nitrogen and oxygen atoms in total. The van der Waals surface area contributed by atoms with Gasteiger partial charge >= 0.3 is 5.97 Å². The number of rotatable bonds is 5. The number of nitrogens with one attached hydrogen (secondary N) is 1. The first-order valence-electron chi connectivity index (χ1n) is 9.29. The summed E-state index contributed by atoms with van der Waals surface area (Å²) in [5.41, 5.74) is 3.62. The Hall–Kier alpha value is -2.75. The van der Waals surface area contributed by atoms with Crippen molar-refractivity contribution in [2.45, 2.75) is 44.6 Å². The van der Waals surface area contributed by atoms with E-state index in [1.807, 2.05) is 48.5 Å². The van der Waals surface area contributed by atoms with Crippen LogP contribution in [0.25, 0.3) is 22.2 Å². The summed E-state index contributed by atoms with van der Waals surface area (Å²) >= 11 is 0. The van der Waals surface area contributed by atoms with Crippen molar-refractivity contribution in [3.05, 3.63) is 54.1 Å². The fraction of sp³-hybridized carbons (Fsp3) is 0.318. The predicted molar refractivity (Wildman–Crippen MR) is 103 cm³/mol. The summed E-state index contributed by atoms with van der Waals surface area (Å²) in [7, 11) is 0. The zero-order chi connectivity index (χ0) is 17.9. The first kappa shape index (κ1) is 16.7. The minimum atomic E-state index is -0.832. The van der Waals surface area contributed by atoms with E-state index in [0.29, 0.717) is 0 Å². The van der Waals surface area contributed by atoms with Gasteiger partial charge in [-0.15, -0.1) is 0 Å². The molecule has 0 radical (unpaired) electrons. The van der Waals surface area contributed by atoms with Crippen LogP contribution in [0.4, 0.5) is 0 Å². The molecule has 26 heavy (non-hydrogen) atoms. The zero-order valence-corrected chi connectivity index (χ0v) is 14.7. The summed E-state index contributed by atoms with van der Waals surface area (Å²) in [6, 6.07) is 15.8. The van der Waals surface area contributed by atoms with Gasteiger partial charge in [0.05, 0.1) is 18.2 Å². The van der Waals surface area contributed by atoms with Crippen LogP contribution in [0.5, 0.6) is 5.75 Å². The standard InChI is InChI=1S/C22H23NO3/c24-21(25)14-19-18-13-17(26-16-9-5-2-6-10-16)11-12-20(18)23-22(19)15-7-3-1-4-8-15/h1,3-4,7-8,11-13,16,23H,2,5-6,9-10,14H2,(H,24,25). The van der Waals surface area contributed by atoms with Crippen LogP contribution < -0.4 is 4.74 Å². The lowest BCUT2D eigenvalue weighted by Gasteiger charge is -2.23. The fourth-order valence-electron chi connectivity index (χ4n) is 3.86. The lowest BCUT2D eigenvalue weighted by molar-refractivity contribution is -0.136. The van der Waals surface area contributed by atoms with Gasteiger partial charge in [-0.1, -0.05) is 36.8 Å². The van der Waals surface area contributed by atoms with Crippen LogP contribution in [0.2, 0.25) is 0 Å². The number of H-pyrrole nitrogens is 1. The van der Waals surface area contributed by atoms with Crippen LogP contribution in [0.15, 0.2) is 48.5 Å². The number of hydrogen-bond acceptors (Lipinski definition) is 2. The van der Waals surface area contributed by atoms with Crippen LogP contribution >= 0.6 is 0 Å². The summed E-state index contributed by atoms with van der Waals surface area (Å²) in [6.07, 6.45) is 6.19. The summed E-state index contributed by atoms with van der Waals surface area (Å²) in [6.45, 7) is 0. The van der Waals surface area contributed by atoms with E-state index in [4.69, 9.17) is 4.74 Å². The molecular formula is C22H23NO3. The quantitative estimate of drug-likeness (QED) is 0.668. The van der Waals surface area contributed by atoms with Crippen LogP contribution in [-0.4, -0.2) is 22.2 Å². The molecule has 2 aromatic carbocycles. The molecule has 1 aliphatic carbocycles. The zero-order valence-electron chi connectivity index (χ0n) is 14.7. The Morgan fingerprint density at radius 2 is 1.85 bits per heavy atom. The number of ether oxygens (including phenoxy) is 1. The summed E-state index contributed by atoms with van der Waals surface area (Å²) in [5, 5.41) is 10.3. The number of aliphatic carboxylic acids is 1. The Morgan fingerprint density at radius 3 is 2.58 bits per heavy atom. The Labute approximate surface area is 152 Å². The van der Waals surface area contributed by atoms with Crippen molar-refractivity contribution >= 4 is 16.9 Å². The van der Waals surface area contributed by atoms with E-state index < -0.39 is 5.97 Å². The molecule has 0 saturated heterocycles. The minimum absolute atomic E-state index is 0.0168. The number of benzene rings is 2. The van der Waals surface area contributed by atoms with Crippen molar-refractivity contribution in [1.82, 2.24) is 4.98 Å². The van der Waals surface area contributed by atoms with E-state index in [1.165, 1.54) is 19.3 Å². The maximum Gasteiger partial charge on any atom is 0.307 e. The molecule has 1 fully saturated rings. The molecule has 1 aliphatic rings. The topological polar surface area (TPSA) is 62.3 Å². The van der Waals surface area contributed by atoms with Crippen molar-refractivity contribution in [2.75, 3.05) is 0 Å². The molecule has 0 spiro atoms. The van der Waals surface area contributed by atoms with E-state index in [0.717, 1.165) is 46.3 Å². The third-order valence-electron chi connectivity index (χ3n) is 5.12. The molecule has 0 atom stereocenters. The first-order valence-corrected chi connectivity index (χ1v) is 9.29. The lowest BCUT2D eigenvalue weighted by Crippen LogP contribution is -2.19. The van der Waals surface area contributed by atoms with Crippen molar-refractivity contribution in [2.24, 2.45) is 0 Å². The molecule has 0 unspecified atom stereocenters. The highest BCUT2D eigenvalue weighted by molar-refractivity contribution is 5.94. The van der Waals surface area contributed by atoms with E-state index >= 15 is 0 Å². The van der Waals surface area contributed by atoms with E-state index in [2.05, 4.69) is 4.98 Å². The van der Waals surface area contributed by atoms with Gasteiger partial charge in [0.1, 0.15) is 5.75 Å². The van der Waals surface area contributed by atoms with Gasteiger partial charge < -0.3 is 14.8 Å². The predicted octanol–water partition coefficient (Wildman–Crippen LogP) is 5.17. The summed E-state index contributed by atoms with van der Waals surface area (Å²) in [4.78, 5) is 14.8. The van der Waals surface area contributed by atoms with Gasteiger partial charge in [0.2, 0.25) is 0 Å². The molecule has 1 heterocycles. The van der Waals surface area contributed by atoms with Crippen LogP contribution in [0.3, 0.4) is 0 Å². The number of carboxylic acids is 1. The number of aromatic nitrogens is 1. The molecule has 0 bridgehead atoms. The minimum Gasteiger partial charge on any atom is -0.490 e. The maximum absolute atomic E-state index is 11.5. The van der Waals surface area contributed by atoms with Crippen molar-refractivity contribution in [1.29, 1.82) is 0 Å². The van der Waals surface area contributed by atoms with Gasteiger partial charge in [-0.05, 0) is 55.0 Å². The van der Waals surface area contributed by atoms with Gasteiger partial charge in [-0.25, -0.2) is 0 Å². The Morgan fingerprint density at radius 1 is 1.08 bits per heavy atom. The van der Waals surface area contributed by atoms with Gasteiger partial charge in [0.15, 0.2) is 0 Å². The molecule has 134 valence electrons. The van der Waals surface area contributed by atoms with Crippen LogP contribution in [-0.2, 0) is 11.2 Å². The average Bonchev–Trinajstić information content (AvgIpc) is 3.01. The summed E-state index contributed by atoms with van der Waals surface area (Å²) < 4.78 is 6.18. The highest BCUT2D eigenvalue weighted by Crippen LogP contribution is 2.34. The number of aromatic amines is 1. The Bertz CT molecular complexity index is 908. The number of fused-ring (bicyclic) bond motifs is 1. The summed E-state index contributed by atoms with van der Waals surface area (Å²) in [5.74, 6) is -0.00339. The molecule has 1 saturated carbocycles. The maximum atomic E-state index is 11.5. The third-order valence-corrected chi connectivity index (χ3v) is 5.12. The molecule has 4 rings (SSSR count). The largest absolute Gasteiger partial charge is 0.490 e. The normalized spacial score (nSPS) is 15.2. The highest BCUT2D eigenvalue weighted by atomic mass is 16.5. The van der Waals surface area contributed by atoms with Crippen molar-refractivity contribution in [3.8, 4) is 17.0 Å². The van der Waals surface area contributed by atoms with E-state index in [1.54, 1.807) is 0 Å². The van der Waals surface area contributed by atoms with Crippen molar-refractivity contribution < 1.29 is 14.6 Å². The van der Waals surface area contributed by atoms with Crippen molar-refractivity contribution in [3.63, 3.8) is 0 Å². The smallest absolute Gasteiger partial charge is 0.307 e. The monoisotopic (exact) mass is 349 g/mol. The molecule has 1 aromatic heterocycles. The molecule has 2 N–H and O–H groups in total. The SMILES string of the molecule is O=C(O)Cc1c(-c2ccccc2)[nH]c2ccc(OC3CCCCC3)cc12. The van der Waals surface area contributed by atoms with Gasteiger partial charge in [0, 0.05) is 10.9 Å². The molecule has 3 aromatic rings. The van der Waals surface area contributed by atoms with Crippen LogP contribution in [0.1, 0.15) is 37.7 Å². The molecule has 0 aliphatic heterocycles. The lowest BCUT2D eigenvalue weighted by atomic mass is 9.98. The Balaban J connectivity index is 1.74. The third kappa shape index (κ3) is 3.45. The second kappa shape index (κ2) is 7.24. The van der Waals surface area contributed by atoms with Crippen LogP contribution in [0, 0.1) is 0 Å². The number of hydrogen-bond donors (Lipinski definition) is 2. The van der Waals surface area contributed by atoms with E-state index in [-0.39, 0.29) is 12.5 Å². The Kier molecular flexibility index (Phi) is 4.65. The highest BCUT2D eigenvalue weighted by Gasteiger charge is 2.18. The fourth-order valence-corrected chi connectivity index (χ4v) is 3.86. The van der Waals surface area contributed by atoms with Gasteiger partial charge in [-0.3, -0.25) is 4.79 Å². The second-order valence-corrected chi connectivity index (χ2v) is 7.00. The average molecular weight is 349 g/mol. The molecule has 0 amide bonds. The second-order valence-electron chi connectivity index (χ2n) is 7.00.